The van der Waals surface area contributed by atoms with Crippen LogP contribution in [0, 0.1) is 11.8 Å². The summed E-state index contributed by atoms with van der Waals surface area (Å²) in [6.07, 6.45) is 5.09. The first-order valence-electron chi connectivity index (χ1n) is 5.60. The zero-order valence-electron chi connectivity index (χ0n) is 10.1. The Morgan fingerprint density at radius 1 is 0.889 bits per heavy atom. The minimum atomic E-state index is -1.82. The van der Waals surface area contributed by atoms with Gasteiger partial charge in [0, 0.05) is 11.8 Å². The van der Waals surface area contributed by atoms with Gasteiger partial charge in [-0.15, -0.1) is 0 Å². The Kier molecular flexibility index (Phi) is 5.05. The van der Waals surface area contributed by atoms with E-state index in [1.165, 1.54) is 14.2 Å². The zero-order valence-corrected chi connectivity index (χ0v) is 11.8. The molecule has 0 spiro atoms. The lowest BCUT2D eigenvalue weighted by atomic mass is 9.72. The fourth-order valence-corrected chi connectivity index (χ4v) is 3.43. The molecule has 2 unspecified atom stereocenters. The molecule has 1 saturated carbocycles. The van der Waals surface area contributed by atoms with Crippen LogP contribution in [0.4, 0.5) is 0 Å². The predicted molar refractivity (Wildman–Crippen MR) is 65.4 cm³/mol. The van der Waals surface area contributed by atoms with Crippen LogP contribution in [0.2, 0.25) is 0 Å². The van der Waals surface area contributed by atoms with Crippen molar-refractivity contribution in [3.63, 3.8) is 0 Å². The van der Waals surface area contributed by atoms with Gasteiger partial charge >= 0.3 is 22.7 Å². The molecule has 0 N–H and O–H groups in total. The summed E-state index contributed by atoms with van der Waals surface area (Å²) in [5, 5.41) is 0. The third kappa shape index (κ3) is 3.06. The molecule has 0 saturated heterocycles. The molecule has 0 aromatic heterocycles. The monoisotopic (exact) mass is 296 g/mol. The van der Waals surface area contributed by atoms with E-state index in [2.05, 4.69) is 8.37 Å². The Morgan fingerprint density at radius 2 is 1.28 bits per heavy atom. The molecular weight excluding hydrogens is 280 g/mol. The van der Waals surface area contributed by atoms with Gasteiger partial charge in [-0.05, 0) is 12.8 Å². The quantitative estimate of drug-likeness (QED) is 0.675. The second-order valence-corrected chi connectivity index (χ2v) is 6.02. The van der Waals surface area contributed by atoms with Crippen LogP contribution in [0.25, 0.3) is 0 Å². The maximum atomic E-state index is 11.3. The van der Waals surface area contributed by atoms with Gasteiger partial charge in [0.15, 0.2) is 0 Å². The van der Waals surface area contributed by atoms with E-state index in [-0.39, 0.29) is 11.8 Å². The number of hydrogen-bond acceptors (Lipinski definition) is 6. The molecular formula is C10H16O6S2. The average Bonchev–Trinajstić information content (AvgIpc) is 2.42. The lowest BCUT2D eigenvalue weighted by Gasteiger charge is -2.42. The highest BCUT2D eigenvalue weighted by molar-refractivity contribution is 7.75. The minimum absolute atomic E-state index is 0.105. The molecule has 8 heteroatoms. The molecule has 0 amide bonds. The second-order valence-electron chi connectivity index (χ2n) is 4.15. The van der Waals surface area contributed by atoms with Crippen LogP contribution < -0.4 is 0 Å². The average molecular weight is 296 g/mol. The Labute approximate surface area is 111 Å². The van der Waals surface area contributed by atoms with E-state index in [1.54, 1.807) is 0 Å². The van der Waals surface area contributed by atoms with Gasteiger partial charge in [0.05, 0.1) is 14.2 Å². The van der Waals surface area contributed by atoms with E-state index in [0.29, 0.717) is 0 Å². The smallest absolute Gasteiger partial charge is 0.272 e. The highest BCUT2D eigenvalue weighted by Gasteiger charge is 2.44. The number of rotatable bonds is 6. The Bertz CT molecular complexity index is 337. The SMILES string of the molecule is COS(=O)O[C@@H]1[C@H](OS(=O)OC)[C@H]2C=C[C@@H]1CC2. The molecule has 3 rings (SSSR count). The Hall–Kier alpha value is -0.120. The summed E-state index contributed by atoms with van der Waals surface area (Å²) < 4.78 is 42.5. The van der Waals surface area contributed by atoms with Crippen molar-refractivity contribution >= 4 is 22.7 Å². The van der Waals surface area contributed by atoms with Crippen molar-refractivity contribution in [3.8, 4) is 0 Å². The van der Waals surface area contributed by atoms with Gasteiger partial charge in [0.25, 0.3) is 0 Å². The lowest BCUT2D eigenvalue weighted by molar-refractivity contribution is -0.0283. The largest absolute Gasteiger partial charge is 0.304 e. The van der Waals surface area contributed by atoms with Crippen LogP contribution >= 0.6 is 0 Å². The Morgan fingerprint density at radius 3 is 1.56 bits per heavy atom. The van der Waals surface area contributed by atoms with Crippen molar-refractivity contribution in [2.24, 2.45) is 11.8 Å². The van der Waals surface area contributed by atoms with Crippen LogP contribution in [0.15, 0.2) is 12.2 Å². The molecule has 3 aliphatic rings. The molecule has 1 fully saturated rings. The van der Waals surface area contributed by atoms with E-state index < -0.39 is 34.9 Å². The van der Waals surface area contributed by atoms with E-state index in [9.17, 15) is 8.42 Å². The number of hydrogen-bond donors (Lipinski definition) is 0. The predicted octanol–water partition coefficient (Wildman–Crippen LogP) is 0.803. The molecule has 0 aliphatic heterocycles. The van der Waals surface area contributed by atoms with Gasteiger partial charge in [-0.1, -0.05) is 12.2 Å². The van der Waals surface area contributed by atoms with Gasteiger partial charge in [-0.2, -0.15) is 8.42 Å². The summed E-state index contributed by atoms with van der Waals surface area (Å²) in [4.78, 5) is 0. The first kappa shape index (κ1) is 14.3. The maximum absolute atomic E-state index is 11.3. The summed E-state index contributed by atoms with van der Waals surface area (Å²) in [7, 11) is 2.60. The van der Waals surface area contributed by atoms with Gasteiger partial charge in [-0.3, -0.25) is 16.7 Å². The van der Waals surface area contributed by atoms with Crippen molar-refractivity contribution in [2.75, 3.05) is 14.2 Å². The first-order chi connectivity index (χ1) is 8.65. The van der Waals surface area contributed by atoms with Crippen molar-refractivity contribution in [1.29, 1.82) is 0 Å². The summed E-state index contributed by atoms with van der Waals surface area (Å²) in [6, 6.07) is 0. The first-order valence-corrected chi connectivity index (χ1v) is 7.60. The topological polar surface area (TPSA) is 71.1 Å². The van der Waals surface area contributed by atoms with Crippen LogP contribution in [0.1, 0.15) is 12.8 Å². The summed E-state index contributed by atoms with van der Waals surface area (Å²) in [5.74, 6) is 0.209. The van der Waals surface area contributed by atoms with Crippen LogP contribution in [0.3, 0.4) is 0 Å². The Balaban J connectivity index is 2.10. The third-order valence-electron chi connectivity index (χ3n) is 3.26. The van der Waals surface area contributed by atoms with Gasteiger partial charge in [-0.25, -0.2) is 0 Å². The maximum Gasteiger partial charge on any atom is 0.304 e. The minimum Gasteiger partial charge on any atom is -0.272 e. The molecule has 6 atom stereocenters. The molecule has 0 heterocycles. The molecule has 0 aromatic carbocycles. The zero-order chi connectivity index (χ0) is 13.1. The highest BCUT2D eigenvalue weighted by atomic mass is 32.2. The fraction of sp³-hybridized carbons (Fsp3) is 0.800. The third-order valence-corrected chi connectivity index (χ3v) is 4.56. The highest BCUT2D eigenvalue weighted by Crippen LogP contribution is 2.40. The van der Waals surface area contributed by atoms with E-state index in [1.807, 2.05) is 12.2 Å². The van der Waals surface area contributed by atoms with E-state index >= 15 is 0 Å². The summed E-state index contributed by atoms with van der Waals surface area (Å²) in [5.41, 5.74) is 0. The van der Waals surface area contributed by atoms with E-state index in [4.69, 9.17) is 8.37 Å². The molecule has 2 bridgehead atoms. The fourth-order valence-electron chi connectivity index (χ4n) is 2.41. The summed E-state index contributed by atoms with van der Waals surface area (Å²) >= 11 is -3.63. The van der Waals surface area contributed by atoms with Gasteiger partial charge < -0.3 is 0 Å². The molecule has 6 nitrogen and oxygen atoms in total. The van der Waals surface area contributed by atoms with Gasteiger partial charge in [0.1, 0.15) is 12.2 Å². The van der Waals surface area contributed by atoms with Gasteiger partial charge in [0.2, 0.25) is 0 Å². The van der Waals surface area contributed by atoms with E-state index in [0.717, 1.165) is 12.8 Å². The van der Waals surface area contributed by atoms with Crippen LogP contribution in [0.5, 0.6) is 0 Å². The standard InChI is InChI=1S/C10H16O6S2/c1-13-17(11)15-9-7-3-5-8(6-4-7)10(9)16-18(12)14-2/h3,5,7-10H,4,6H2,1-2H3/t7-,8+,9+,10-,17?,18?. The van der Waals surface area contributed by atoms with Crippen molar-refractivity contribution < 1.29 is 25.2 Å². The summed E-state index contributed by atoms with van der Waals surface area (Å²) in [6.45, 7) is 0. The van der Waals surface area contributed by atoms with Crippen molar-refractivity contribution in [3.05, 3.63) is 12.2 Å². The molecule has 104 valence electrons. The van der Waals surface area contributed by atoms with Crippen molar-refractivity contribution in [1.82, 2.24) is 0 Å². The molecule has 0 aromatic rings. The molecule has 18 heavy (non-hydrogen) atoms. The lowest BCUT2D eigenvalue weighted by Crippen LogP contribution is -2.48. The van der Waals surface area contributed by atoms with Crippen molar-refractivity contribution in [2.45, 2.75) is 25.0 Å². The second kappa shape index (κ2) is 6.36. The molecule has 3 aliphatic carbocycles. The molecule has 0 radical (unpaired) electrons. The van der Waals surface area contributed by atoms with Crippen LogP contribution in [-0.2, 0) is 39.5 Å². The van der Waals surface area contributed by atoms with Crippen LogP contribution in [-0.4, -0.2) is 34.8 Å². The normalized spacial score (nSPS) is 37.7. The number of fused-ring (bicyclic) bond motifs is 2.